The number of hydrogen-bond donors (Lipinski definition) is 2. The summed E-state index contributed by atoms with van der Waals surface area (Å²) in [6.45, 7) is 3.23. The van der Waals surface area contributed by atoms with Gasteiger partial charge in [0.15, 0.2) is 0 Å². The molecule has 2 aromatic rings. The Morgan fingerprint density at radius 1 is 1.25 bits per heavy atom. The molecule has 0 aromatic heterocycles. The number of fused-ring (bicyclic) bond motifs is 1. The van der Waals surface area contributed by atoms with E-state index in [1.54, 1.807) is 11.0 Å². The Bertz CT molecular complexity index is 659. The van der Waals surface area contributed by atoms with Crippen molar-refractivity contribution >= 4 is 16.7 Å². The van der Waals surface area contributed by atoms with Crippen LogP contribution in [0.4, 0.5) is 0 Å². The first-order chi connectivity index (χ1) is 9.58. The van der Waals surface area contributed by atoms with Crippen LogP contribution in [0, 0.1) is 5.92 Å². The summed E-state index contributed by atoms with van der Waals surface area (Å²) in [7, 11) is 0. The number of nitrogens with zero attached hydrogens (tertiary/aromatic N) is 1. The second-order valence-corrected chi connectivity index (χ2v) is 5.53. The monoisotopic (exact) mass is 270 g/mol. The van der Waals surface area contributed by atoms with Gasteiger partial charge in [-0.15, -0.1) is 0 Å². The molecule has 1 saturated heterocycles. The van der Waals surface area contributed by atoms with Crippen LogP contribution in [0.2, 0.25) is 0 Å². The van der Waals surface area contributed by atoms with Gasteiger partial charge in [0.25, 0.3) is 5.91 Å². The number of carbonyl (C=O) groups excluding carboxylic acids is 1. The molecule has 2 atom stereocenters. The Kier molecular flexibility index (Phi) is 3.10. The normalized spacial score (nSPS) is 22.4. The SMILES string of the molecule is CC1CN(C(=O)c2ccc3ccccc3c2O)CC1N. The molecule has 20 heavy (non-hydrogen) atoms. The largest absolute Gasteiger partial charge is 0.506 e. The summed E-state index contributed by atoms with van der Waals surface area (Å²) in [6, 6.07) is 11.1. The lowest BCUT2D eigenvalue weighted by Crippen LogP contribution is -2.32. The van der Waals surface area contributed by atoms with Crippen molar-refractivity contribution in [2.24, 2.45) is 11.7 Å². The molecule has 0 bridgehead atoms. The Morgan fingerprint density at radius 2 is 2.00 bits per heavy atom. The maximum Gasteiger partial charge on any atom is 0.257 e. The molecule has 0 saturated carbocycles. The number of aromatic hydroxyl groups is 1. The molecule has 2 aromatic carbocycles. The molecule has 104 valence electrons. The van der Waals surface area contributed by atoms with E-state index < -0.39 is 0 Å². The molecular formula is C16H18N2O2. The summed E-state index contributed by atoms with van der Waals surface area (Å²) in [5.74, 6) is 0.204. The molecule has 1 aliphatic rings. The van der Waals surface area contributed by atoms with Crippen molar-refractivity contribution in [1.29, 1.82) is 0 Å². The number of nitrogens with two attached hydrogens (primary N) is 1. The lowest BCUT2D eigenvalue weighted by atomic mass is 10.0. The van der Waals surface area contributed by atoms with Crippen molar-refractivity contribution in [2.75, 3.05) is 13.1 Å². The van der Waals surface area contributed by atoms with Crippen molar-refractivity contribution in [3.8, 4) is 5.75 Å². The zero-order valence-corrected chi connectivity index (χ0v) is 11.4. The Labute approximate surface area is 117 Å². The Morgan fingerprint density at radius 3 is 2.70 bits per heavy atom. The number of amides is 1. The van der Waals surface area contributed by atoms with E-state index in [4.69, 9.17) is 5.73 Å². The number of phenolic OH excluding ortho intramolecular Hbond substituents is 1. The minimum absolute atomic E-state index is 0.0153. The average Bonchev–Trinajstić information content (AvgIpc) is 2.79. The molecule has 1 amide bonds. The second kappa shape index (κ2) is 4.80. The van der Waals surface area contributed by atoms with Crippen LogP contribution >= 0.6 is 0 Å². The summed E-state index contributed by atoms with van der Waals surface area (Å²) in [5.41, 5.74) is 6.31. The van der Waals surface area contributed by atoms with Gasteiger partial charge in [-0.25, -0.2) is 0 Å². The third kappa shape index (κ3) is 2.02. The number of likely N-dealkylation sites (tertiary alicyclic amines) is 1. The minimum Gasteiger partial charge on any atom is -0.506 e. The second-order valence-electron chi connectivity index (χ2n) is 5.53. The van der Waals surface area contributed by atoms with E-state index in [9.17, 15) is 9.90 Å². The highest BCUT2D eigenvalue weighted by Gasteiger charge is 2.31. The van der Waals surface area contributed by atoms with Crippen LogP contribution in [0.1, 0.15) is 17.3 Å². The summed E-state index contributed by atoms with van der Waals surface area (Å²) >= 11 is 0. The first-order valence-corrected chi connectivity index (χ1v) is 6.83. The van der Waals surface area contributed by atoms with Crippen LogP contribution in [-0.2, 0) is 0 Å². The molecule has 0 radical (unpaired) electrons. The van der Waals surface area contributed by atoms with Crippen molar-refractivity contribution in [3.63, 3.8) is 0 Å². The number of rotatable bonds is 1. The van der Waals surface area contributed by atoms with E-state index in [0.29, 0.717) is 30.0 Å². The lowest BCUT2D eigenvalue weighted by molar-refractivity contribution is 0.0784. The predicted octanol–water partition coefficient (Wildman–Crippen LogP) is 1.96. The fourth-order valence-corrected chi connectivity index (χ4v) is 2.76. The summed E-state index contributed by atoms with van der Waals surface area (Å²) < 4.78 is 0. The van der Waals surface area contributed by atoms with Crippen molar-refractivity contribution in [3.05, 3.63) is 42.0 Å². The molecule has 1 fully saturated rings. The van der Waals surface area contributed by atoms with Gasteiger partial charge in [-0.1, -0.05) is 37.3 Å². The van der Waals surface area contributed by atoms with E-state index in [-0.39, 0.29) is 17.7 Å². The Hall–Kier alpha value is -2.07. The summed E-state index contributed by atoms with van der Waals surface area (Å²) in [6.07, 6.45) is 0. The van der Waals surface area contributed by atoms with Crippen LogP contribution in [0.3, 0.4) is 0 Å². The third-order valence-electron chi connectivity index (χ3n) is 4.09. The number of carbonyl (C=O) groups is 1. The fraction of sp³-hybridized carbons (Fsp3) is 0.312. The van der Waals surface area contributed by atoms with E-state index in [1.165, 1.54) is 0 Å². The predicted molar refractivity (Wildman–Crippen MR) is 78.7 cm³/mol. The molecule has 3 N–H and O–H groups in total. The molecule has 3 rings (SSSR count). The van der Waals surface area contributed by atoms with Gasteiger partial charge in [0.05, 0.1) is 5.56 Å². The molecule has 1 aliphatic heterocycles. The summed E-state index contributed by atoms with van der Waals surface area (Å²) in [4.78, 5) is 14.2. The zero-order chi connectivity index (χ0) is 14.3. The third-order valence-corrected chi connectivity index (χ3v) is 4.09. The molecule has 0 aliphatic carbocycles. The number of hydrogen-bond acceptors (Lipinski definition) is 3. The fourth-order valence-electron chi connectivity index (χ4n) is 2.76. The topological polar surface area (TPSA) is 66.6 Å². The minimum atomic E-state index is -0.145. The molecule has 1 heterocycles. The van der Waals surface area contributed by atoms with E-state index >= 15 is 0 Å². The van der Waals surface area contributed by atoms with Gasteiger partial charge in [-0.05, 0) is 17.4 Å². The smallest absolute Gasteiger partial charge is 0.257 e. The van der Waals surface area contributed by atoms with Crippen molar-refractivity contribution in [1.82, 2.24) is 4.90 Å². The van der Waals surface area contributed by atoms with E-state index in [1.807, 2.05) is 37.3 Å². The molecule has 0 spiro atoms. The Balaban J connectivity index is 1.98. The first kappa shape index (κ1) is 12.9. The number of benzene rings is 2. The van der Waals surface area contributed by atoms with Gasteiger partial charge in [-0.3, -0.25) is 4.79 Å². The quantitative estimate of drug-likeness (QED) is 0.832. The molecule has 4 heteroatoms. The van der Waals surface area contributed by atoms with Crippen LogP contribution in [0.25, 0.3) is 10.8 Å². The van der Waals surface area contributed by atoms with Crippen molar-refractivity contribution < 1.29 is 9.90 Å². The van der Waals surface area contributed by atoms with Crippen LogP contribution in [-0.4, -0.2) is 35.0 Å². The van der Waals surface area contributed by atoms with Gasteiger partial charge in [0, 0.05) is 24.5 Å². The number of phenols is 1. The van der Waals surface area contributed by atoms with Gasteiger partial charge >= 0.3 is 0 Å². The average molecular weight is 270 g/mol. The van der Waals surface area contributed by atoms with Gasteiger partial charge in [0.1, 0.15) is 5.75 Å². The maximum atomic E-state index is 12.5. The van der Waals surface area contributed by atoms with E-state index in [0.717, 1.165) is 5.39 Å². The summed E-state index contributed by atoms with van der Waals surface area (Å²) in [5, 5.41) is 12.0. The van der Waals surface area contributed by atoms with Crippen LogP contribution < -0.4 is 5.73 Å². The van der Waals surface area contributed by atoms with Crippen LogP contribution in [0.5, 0.6) is 5.75 Å². The lowest BCUT2D eigenvalue weighted by Gasteiger charge is -2.17. The molecule has 4 nitrogen and oxygen atoms in total. The van der Waals surface area contributed by atoms with Gasteiger partial charge in [0.2, 0.25) is 0 Å². The molecule has 2 unspecified atom stereocenters. The van der Waals surface area contributed by atoms with Gasteiger partial charge < -0.3 is 15.7 Å². The highest BCUT2D eigenvalue weighted by atomic mass is 16.3. The first-order valence-electron chi connectivity index (χ1n) is 6.83. The van der Waals surface area contributed by atoms with Gasteiger partial charge in [-0.2, -0.15) is 0 Å². The zero-order valence-electron chi connectivity index (χ0n) is 11.4. The van der Waals surface area contributed by atoms with Crippen LogP contribution in [0.15, 0.2) is 36.4 Å². The van der Waals surface area contributed by atoms with E-state index in [2.05, 4.69) is 0 Å². The molecular weight excluding hydrogens is 252 g/mol. The highest BCUT2D eigenvalue weighted by molar-refractivity contribution is 6.03. The van der Waals surface area contributed by atoms with Crippen molar-refractivity contribution in [2.45, 2.75) is 13.0 Å². The standard InChI is InChI=1S/C16H18N2O2/c1-10-8-18(9-14(10)17)16(20)13-7-6-11-4-2-3-5-12(11)15(13)19/h2-7,10,14,19H,8-9,17H2,1H3. The highest BCUT2D eigenvalue weighted by Crippen LogP contribution is 2.30. The maximum absolute atomic E-state index is 12.5.